The maximum absolute atomic E-state index is 11.7. The summed E-state index contributed by atoms with van der Waals surface area (Å²) >= 11 is 0.845. The number of amides is 3. The fraction of sp³-hybridized carbons (Fsp3) is 0.154. The molecule has 1 aromatic rings. The lowest BCUT2D eigenvalue weighted by molar-refractivity contribution is -0.122. The standard InChI is InChI=1S/C13H12N2O3S/c1-2-8-3-5-9(6-4-8)14-11(16)7-10-12(17)15-13(18)19-10/h2-6,10H,1,7H2,(H,14,16)(H,15,17,18)/t10-/m1/s1. The average Bonchev–Trinajstić information content (AvgIpc) is 2.68. The van der Waals surface area contributed by atoms with Crippen LogP contribution in [0.25, 0.3) is 6.08 Å². The van der Waals surface area contributed by atoms with Crippen LogP contribution in [0.2, 0.25) is 0 Å². The second-order valence-corrected chi connectivity index (χ2v) is 5.14. The Labute approximate surface area is 114 Å². The molecule has 0 bridgehead atoms. The zero-order valence-electron chi connectivity index (χ0n) is 10.0. The fourth-order valence-electron chi connectivity index (χ4n) is 1.61. The number of thioether (sulfide) groups is 1. The molecule has 6 heteroatoms. The largest absolute Gasteiger partial charge is 0.326 e. The van der Waals surface area contributed by atoms with E-state index in [-0.39, 0.29) is 12.3 Å². The second-order valence-electron chi connectivity index (χ2n) is 3.96. The van der Waals surface area contributed by atoms with Crippen LogP contribution in [0.3, 0.4) is 0 Å². The summed E-state index contributed by atoms with van der Waals surface area (Å²) in [5.74, 6) is -0.708. The molecule has 98 valence electrons. The number of hydrogen-bond acceptors (Lipinski definition) is 4. The maximum atomic E-state index is 11.7. The van der Waals surface area contributed by atoms with Crippen molar-refractivity contribution in [2.75, 3.05) is 5.32 Å². The third-order valence-corrected chi connectivity index (χ3v) is 3.55. The number of imide groups is 1. The lowest BCUT2D eigenvalue weighted by Crippen LogP contribution is -2.27. The lowest BCUT2D eigenvalue weighted by Gasteiger charge is -2.07. The molecule has 1 fully saturated rings. The van der Waals surface area contributed by atoms with Crippen LogP contribution in [0.15, 0.2) is 30.8 Å². The topological polar surface area (TPSA) is 75.3 Å². The molecule has 0 spiro atoms. The maximum Gasteiger partial charge on any atom is 0.286 e. The average molecular weight is 276 g/mol. The highest BCUT2D eigenvalue weighted by Crippen LogP contribution is 2.22. The van der Waals surface area contributed by atoms with E-state index in [1.54, 1.807) is 18.2 Å². The Bertz CT molecular complexity index is 539. The molecule has 1 atom stereocenters. The molecule has 2 rings (SSSR count). The van der Waals surface area contributed by atoms with Crippen molar-refractivity contribution in [1.82, 2.24) is 5.32 Å². The minimum atomic E-state index is -0.639. The van der Waals surface area contributed by atoms with Gasteiger partial charge in [-0.1, -0.05) is 36.5 Å². The number of nitrogens with one attached hydrogen (secondary N) is 2. The van der Waals surface area contributed by atoms with Crippen molar-refractivity contribution >= 4 is 40.6 Å². The molecule has 0 aliphatic carbocycles. The highest BCUT2D eigenvalue weighted by Gasteiger charge is 2.33. The Morgan fingerprint density at radius 2 is 2.05 bits per heavy atom. The van der Waals surface area contributed by atoms with Crippen LogP contribution < -0.4 is 10.6 Å². The van der Waals surface area contributed by atoms with Crippen LogP contribution in [-0.2, 0) is 9.59 Å². The van der Waals surface area contributed by atoms with E-state index in [1.807, 2.05) is 12.1 Å². The van der Waals surface area contributed by atoms with Gasteiger partial charge in [-0.15, -0.1) is 0 Å². The third-order valence-electron chi connectivity index (χ3n) is 2.57. The van der Waals surface area contributed by atoms with Crippen molar-refractivity contribution < 1.29 is 14.4 Å². The molecular formula is C13H12N2O3S. The first kappa shape index (κ1) is 13.4. The van der Waals surface area contributed by atoms with Crippen molar-refractivity contribution in [2.45, 2.75) is 11.7 Å². The Hall–Kier alpha value is -2.08. The molecule has 0 saturated carbocycles. The molecule has 3 amide bonds. The van der Waals surface area contributed by atoms with Gasteiger partial charge in [0.2, 0.25) is 11.8 Å². The summed E-state index contributed by atoms with van der Waals surface area (Å²) in [6.07, 6.45) is 1.68. The highest BCUT2D eigenvalue weighted by molar-refractivity contribution is 8.15. The van der Waals surface area contributed by atoms with Crippen molar-refractivity contribution in [1.29, 1.82) is 0 Å². The van der Waals surface area contributed by atoms with E-state index in [0.717, 1.165) is 17.3 Å². The number of rotatable bonds is 4. The first-order chi connectivity index (χ1) is 9.08. The van der Waals surface area contributed by atoms with Crippen molar-refractivity contribution in [2.24, 2.45) is 0 Å². The SMILES string of the molecule is C=Cc1ccc(NC(=O)C[C@H]2SC(=O)NC2=O)cc1. The molecule has 0 radical (unpaired) electrons. The van der Waals surface area contributed by atoms with Crippen LogP contribution in [0.1, 0.15) is 12.0 Å². The van der Waals surface area contributed by atoms with Gasteiger partial charge < -0.3 is 5.32 Å². The summed E-state index contributed by atoms with van der Waals surface area (Å²) in [5, 5.41) is 3.78. The lowest BCUT2D eigenvalue weighted by atomic mass is 10.2. The van der Waals surface area contributed by atoms with E-state index in [9.17, 15) is 14.4 Å². The van der Waals surface area contributed by atoms with Crippen LogP contribution in [-0.4, -0.2) is 22.3 Å². The van der Waals surface area contributed by atoms with Crippen LogP contribution in [0.4, 0.5) is 10.5 Å². The van der Waals surface area contributed by atoms with Crippen LogP contribution >= 0.6 is 11.8 Å². The number of benzene rings is 1. The number of anilines is 1. The quantitative estimate of drug-likeness (QED) is 0.882. The number of hydrogen-bond donors (Lipinski definition) is 2. The Morgan fingerprint density at radius 1 is 1.37 bits per heavy atom. The molecule has 1 heterocycles. The van der Waals surface area contributed by atoms with Gasteiger partial charge in [0.15, 0.2) is 0 Å². The minimum Gasteiger partial charge on any atom is -0.326 e. The van der Waals surface area contributed by atoms with E-state index in [0.29, 0.717) is 5.69 Å². The van der Waals surface area contributed by atoms with Gasteiger partial charge in [-0.25, -0.2) is 0 Å². The van der Waals surface area contributed by atoms with Gasteiger partial charge >= 0.3 is 0 Å². The monoisotopic (exact) mass is 276 g/mol. The van der Waals surface area contributed by atoms with E-state index in [1.165, 1.54) is 0 Å². The van der Waals surface area contributed by atoms with E-state index in [2.05, 4.69) is 17.2 Å². The smallest absolute Gasteiger partial charge is 0.286 e. The fourth-order valence-corrected chi connectivity index (χ4v) is 2.43. The van der Waals surface area contributed by atoms with Crippen molar-refractivity contribution in [3.8, 4) is 0 Å². The molecule has 2 N–H and O–H groups in total. The molecule has 19 heavy (non-hydrogen) atoms. The van der Waals surface area contributed by atoms with Crippen LogP contribution in [0, 0.1) is 0 Å². The molecule has 1 aromatic carbocycles. The third kappa shape index (κ3) is 3.45. The Morgan fingerprint density at radius 3 is 2.58 bits per heavy atom. The molecule has 1 aliphatic heterocycles. The van der Waals surface area contributed by atoms with Gasteiger partial charge in [-0.3, -0.25) is 19.7 Å². The zero-order valence-corrected chi connectivity index (χ0v) is 10.8. The van der Waals surface area contributed by atoms with Crippen LogP contribution in [0.5, 0.6) is 0 Å². The molecule has 1 saturated heterocycles. The molecule has 0 aromatic heterocycles. The van der Waals surface area contributed by atoms with Gasteiger partial charge in [-0.2, -0.15) is 0 Å². The molecule has 5 nitrogen and oxygen atoms in total. The van der Waals surface area contributed by atoms with Crippen molar-refractivity contribution in [3.63, 3.8) is 0 Å². The minimum absolute atomic E-state index is 0.0224. The highest BCUT2D eigenvalue weighted by atomic mass is 32.2. The van der Waals surface area contributed by atoms with Gasteiger partial charge in [0.1, 0.15) is 5.25 Å². The van der Waals surface area contributed by atoms with Gasteiger partial charge in [-0.05, 0) is 17.7 Å². The summed E-state index contributed by atoms with van der Waals surface area (Å²) in [6.45, 7) is 3.64. The summed E-state index contributed by atoms with van der Waals surface area (Å²) in [6, 6.07) is 7.15. The molecule has 1 aliphatic rings. The first-order valence-corrected chi connectivity index (χ1v) is 6.50. The van der Waals surface area contributed by atoms with Gasteiger partial charge in [0.25, 0.3) is 5.24 Å². The van der Waals surface area contributed by atoms with E-state index >= 15 is 0 Å². The molecule has 0 unspecified atom stereocenters. The zero-order chi connectivity index (χ0) is 13.8. The Kier molecular flexibility index (Phi) is 4.01. The summed E-state index contributed by atoms with van der Waals surface area (Å²) < 4.78 is 0. The first-order valence-electron chi connectivity index (χ1n) is 5.62. The summed E-state index contributed by atoms with van der Waals surface area (Å²) in [4.78, 5) is 34.0. The predicted octanol–water partition coefficient (Wildman–Crippen LogP) is 2.01. The van der Waals surface area contributed by atoms with E-state index < -0.39 is 16.4 Å². The summed E-state index contributed by atoms with van der Waals surface area (Å²) in [5.41, 5.74) is 1.60. The molecular weight excluding hydrogens is 264 g/mol. The van der Waals surface area contributed by atoms with Gasteiger partial charge in [0, 0.05) is 12.1 Å². The van der Waals surface area contributed by atoms with Crippen molar-refractivity contribution in [3.05, 3.63) is 36.4 Å². The number of carbonyl (C=O) groups is 3. The normalized spacial score (nSPS) is 18.0. The van der Waals surface area contributed by atoms with Gasteiger partial charge in [0.05, 0.1) is 0 Å². The van der Waals surface area contributed by atoms with E-state index in [4.69, 9.17) is 0 Å². The second kappa shape index (κ2) is 5.71. The predicted molar refractivity (Wildman–Crippen MR) is 74.7 cm³/mol. The summed E-state index contributed by atoms with van der Waals surface area (Å²) in [7, 11) is 0. The Balaban J connectivity index is 1.92. The number of carbonyl (C=O) groups excluding carboxylic acids is 3.